The summed E-state index contributed by atoms with van der Waals surface area (Å²) in [5.74, 6) is 4.79. The molecule has 0 aliphatic heterocycles. The third-order valence-corrected chi connectivity index (χ3v) is 11.3. The van der Waals surface area contributed by atoms with E-state index in [0.717, 1.165) is 48.7 Å². The molecule has 5 rings (SSSR count). The molecule has 4 saturated carbocycles. The number of fused-ring (bicyclic) bond motifs is 5. The van der Waals surface area contributed by atoms with Gasteiger partial charge in [0.25, 0.3) is 0 Å². The van der Waals surface area contributed by atoms with Crippen molar-refractivity contribution >= 4 is 17.7 Å². The molecule has 32 heavy (non-hydrogen) atoms. The van der Waals surface area contributed by atoms with E-state index in [1.807, 2.05) is 6.07 Å². The molecule has 176 valence electrons. The quantitative estimate of drug-likeness (QED) is 0.589. The Morgan fingerprint density at radius 2 is 1.75 bits per heavy atom. The maximum absolute atomic E-state index is 12.8. The van der Waals surface area contributed by atoms with Crippen molar-refractivity contribution in [1.82, 2.24) is 5.32 Å². The molecule has 3 nitrogen and oxygen atoms in total. The van der Waals surface area contributed by atoms with Crippen LogP contribution in [0.5, 0.6) is 0 Å². The normalized spacial score (nSPS) is 43.1. The molecule has 0 radical (unpaired) electrons. The highest BCUT2D eigenvalue weighted by Crippen LogP contribution is 2.66. The van der Waals surface area contributed by atoms with Gasteiger partial charge in [-0.3, -0.25) is 4.79 Å². The number of aliphatic hydroxyl groups excluding tert-OH is 1. The van der Waals surface area contributed by atoms with Gasteiger partial charge in [0.15, 0.2) is 0 Å². The van der Waals surface area contributed by atoms with Gasteiger partial charge in [-0.2, -0.15) is 0 Å². The summed E-state index contributed by atoms with van der Waals surface area (Å²) in [5, 5.41) is 13.7. The molecule has 1 amide bonds. The summed E-state index contributed by atoms with van der Waals surface area (Å²) in [7, 11) is 0. The Kier molecular flexibility index (Phi) is 6.39. The summed E-state index contributed by atoms with van der Waals surface area (Å²) in [5.41, 5.74) is 1.98. The topological polar surface area (TPSA) is 49.3 Å². The molecule has 2 N–H and O–H groups in total. The van der Waals surface area contributed by atoms with Crippen LogP contribution in [0, 0.1) is 34.5 Å². The number of amides is 1. The summed E-state index contributed by atoms with van der Waals surface area (Å²) in [6, 6.07) is 10.8. The zero-order valence-corrected chi connectivity index (χ0v) is 20.7. The van der Waals surface area contributed by atoms with Crippen molar-refractivity contribution in [2.45, 2.75) is 89.5 Å². The maximum atomic E-state index is 12.8. The number of hydrogen-bond donors (Lipinski definition) is 2. The fourth-order valence-electron chi connectivity index (χ4n) is 8.54. The predicted octanol–water partition coefficient (Wildman–Crippen LogP) is 5.81. The van der Waals surface area contributed by atoms with Crippen LogP contribution in [0.3, 0.4) is 0 Å². The van der Waals surface area contributed by atoms with Crippen molar-refractivity contribution < 1.29 is 9.90 Å². The number of nitrogens with one attached hydrogen (secondary N) is 1. The number of thioether (sulfide) groups is 1. The Hall–Kier alpha value is -1.00. The van der Waals surface area contributed by atoms with Gasteiger partial charge in [-0.15, -0.1) is 11.8 Å². The van der Waals surface area contributed by atoms with Crippen molar-refractivity contribution in [3.8, 4) is 0 Å². The number of rotatable bonds is 5. The first kappa shape index (κ1) is 22.8. The molecule has 8 atom stereocenters. The molecule has 0 spiro atoms. The molecular formula is C28H41NO2S. The smallest absolute Gasteiger partial charge is 0.230 e. The maximum Gasteiger partial charge on any atom is 0.230 e. The van der Waals surface area contributed by atoms with Crippen molar-refractivity contribution in [3.05, 3.63) is 35.9 Å². The largest absolute Gasteiger partial charge is 0.393 e. The van der Waals surface area contributed by atoms with Gasteiger partial charge in [0.2, 0.25) is 5.91 Å². The SMILES string of the molecule is C[C@]12CC[C@H](O)C[C@@H]1CC[C@@H]1[C@@H]2CC[C@]2(C)[C@H](NC(=O)CSCc3ccccc3)CC[C@@H]12. The monoisotopic (exact) mass is 455 g/mol. The first-order valence-electron chi connectivity index (χ1n) is 13.0. The Labute approximate surface area is 198 Å². The Balaban J connectivity index is 1.20. The minimum absolute atomic E-state index is 0.0654. The van der Waals surface area contributed by atoms with Crippen LogP contribution in [-0.2, 0) is 10.5 Å². The number of carbonyl (C=O) groups is 1. The fraction of sp³-hybridized carbons (Fsp3) is 0.750. The van der Waals surface area contributed by atoms with Crippen LogP contribution >= 0.6 is 11.8 Å². The molecule has 1 aromatic carbocycles. The van der Waals surface area contributed by atoms with Crippen LogP contribution in [0.2, 0.25) is 0 Å². The fourth-order valence-corrected chi connectivity index (χ4v) is 9.34. The molecule has 4 aliphatic rings. The predicted molar refractivity (Wildman–Crippen MR) is 132 cm³/mol. The summed E-state index contributed by atoms with van der Waals surface area (Å²) in [4.78, 5) is 12.8. The lowest BCUT2D eigenvalue weighted by Crippen LogP contribution is -2.56. The van der Waals surface area contributed by atoms with Gasteiger partial charge in [0.05, 0.1) is 11.9 Å². The van der Waals surface area contributed by atoms with Crippen molar-refractivity contribution in [2.75, 3.05) is 5.75 Å². The number of benzene rings is 1. The third-order valence-electron chi connectivity index (χ3n) is 10.3. The standard InChI is InChI=1S/C28H41NO2S/c1-27-14-12-21(30)16-20(27)8-9-22-23-10-11-25(28(23,2)15-13-24(22)27)29-26(31)18-32-17-19-6-4-3-5-7-19/h3-7,20-25,30H,8-18H2,1-2H3,(H,29,31)/t20-,21-,22-,23-,24-,25+,27-,28-/m0/s1. The van der Waals surface area contributed by atoms with E-state index in [9.17, 15) is 9.90 Å². The van der Waals surface area contributed by atoms with Crippen LogP contribution in [0.25, 0.3) is 0 Å². The van der Waals surface area contributed by atoms with Gasteiger partial charge in [-0.05, 0) is 97.9 Å². The number of aliphatic hydroxyl groups is 1. The van der Waals surface area contributed by atoms with E-state index in [4.69, 9.17) is 0 Å². The highest BCUT2D eigenvalue weighted by atomic mass is 32.2. The van der Waals surface area contributed by atoms with Gasteiger partial charge in [0.1, 0.15) is 0 Å². The van der Waals surface area contributed by atoms with Gasteiger partial charge in [-0.1, -0.05) is 44.2 Å². The number of carbonyl (C=O) groups excluding carboxylic acids is 1. The van der Waals surface area contributed by atoms with Crippen LogP contribution in [0.15, 0.2) is 30.3 Å². The first-order valence-corrected chi connectivity index (χ1v) is 14.1. The molecule has 0 unspecified atom stereocenters. The van der Waals surface area contributed by atoms with E-state index < -0.39 is 0 Å². The molecule has 4 aliphatic carbocycles. The van der Waals surface area contributed by atoms with Gasteiger partial charge < -0.3 is 10.4 Å². The summed E-state index contributed by atoms with van der Waals surface area (Å²) >= 11 is 1.72. The Morgan fingerprint density at radius 3 is 2.56 bits per heavy atom. The van der Waals surface area contributed by atoms with Crippen molar-refractivity contribution in [1.29, 1.82) is 0 Å². The van der Waals surface area contributed by atoms with E-state index in [0.29, 0.717) is 17.2 Å². The first-order chi connectivity index (χ1) is 15.4. The highest BCUT2D eigenvalue weighted by molar-refractivity contribution is 7.99. The van der Waals surface area contributed by atoms with Crippen molar-refractivity contribution in [3.63, 3.8) is 0 Å². The van der Waals surface area contributed by atoms with E-state index in [2.05, 4.69) is 43.4 Å². The average molecular weight is 456 g/mol. The Bertz CT molecular complexity index is 815. The second-order valence-corrected chi connectivity index (χ2v) is 12.8. The molecule has 4 heteroatoms. The van der Waals surface area contributed by atoms with Crippen LogP contribution in [0.1, 0.15) is 77.2 Å². The second kappa shape index (κ2) is 8.98. The third kappa shape index (κ3) is 4.04. The molecule has 1 aromatic rings. The second-order valence-electron chi connectivity index (χ2n) is 11.8. The molecule has 4 fully saturated rings. The van der Waals surface area contributed by atoms with Crippen LogP contribution < -0.4 is 5.32 Å². The van der Waals surface area contributed by atoms with Gasteiger partial charge >= 0.3 is 0 Å². The zero-order chi connectivity index (χ0) is 22.3. The van der Waals surface area contributed by atoms with E-state index in [-0.39, 0.29) is 17.4 Å². The van der Waals surface area contributed by atoms with Crippen LogP contribution in [0.4, 0.5) is 0 Å². The van der Waals surface area contributed by atoms with Gasteiger partial charge in [0, 0.05) is 11.8 Å². The lowest BCUT2D eigenvalue weighted by Gasteiger charge is -2.60. The van der Waals surface area contributed by atoms with E-state index >= 15 is 0 Å². The lowest BCUT2D eigenvalue weighted by molar-refractivity contribution is -0.128. The van der Waals surface area contributed by atoms with E-state index in [1.165, 1.54) is 44.1 Å². The summed E-state index contributed by atoms with van der Waals surface area (Å²) < 4.78 is 0. The molecule has 0 bridgehead atoms. The molecule has 0 heterocycles. The molecule has 0 aromatic heterocycles. The van der Waals surface area contributed by atoms with Crippen molar-refractivity contribution in [2.24, 2.45) is 34.5 Å². The lowest BCUT2D eigenvalue weighted by atomic mass is 9.45. The average Bonchev–Trinajstić information content (AvgIpc) is 3.11. The summed E-state index contributed by atoms with van der Waals surface area (Å²) in [6.07, 6.45) is 10.8. The minimum atomic E-state index is -0.0654. The highest BCUT2D eigenvalue weighted by Gasteiger charge is 2.60. The van der Waals surface area contributed by atoms with Crippen LogP contribution in [-0.4, -0.2) is 28.9 Å². The van der Waals surface area contributed by atoms with E-state index in [1.54, 1.807) is 11.8 Å². The molecular weight excluding hydrogens is 414 g/mol. The molecule has 0 saturated heterocycles. The minimum Gasteiger partial charge on any atom is -0.393 e. The summed E-state index contributed by atoms with van der Waals surface area (Å²) in [6.45, 7) is 5.04. The Morgan fingerprint density at radius 1 is 1.00 bits per heavy atom. The zero-order valence-electron chi connectivity index (χ0n) is 19.9. The number of hydrogen-bond acceptors (Lipinski definition) is 3. The van der Waals surface area contributed by atoms with Gasteiger partial charge in [-0.25, -0.2) is 0 Å².